The lowest BCUT2D eigenvalue weighted by atomic mass is 9.85. The van der Waals surface area contributed by atoms with E-state index in [1.165, 1.54) is 10.4 Å². The number of nitrogens with zero attached hydrogens (tertiary/aromatic N) is 1. The van der Waals surface area contributed by atoms with Gasteiger partial charge in [-0.05, 0) is 62.2 Å². The summed E-state index contributed by atoms with van der Waals surface area (Å²) < 4.78 is 27.1. The van der Waals surface area contributed by atoms with Gasteiger partial charge in [-0.1, -0.05) is 194 Å². The van der Waals surface area contributed by atoms with E-state index in [9.17, 15) is 10.2 Å². The van der Waals surface area contributed by atoms with Gasteiger partial charge in [0, 0.05) is 43.7 Å². The Morgan fingerprint density at radius 1 is 0.641 bits per heavy atom. The molecule has 1 fully saturated rings. The fraction of sp³-hybridized carbons (Fsp3) is 0.436. The summed E-state index contributed by atoms with van der Waals surface area (Å²) in [5.74, 6) is -1.18. The second-order valence-corrected chi connectivity index (χ2v) is 28.2. The molecule has 1 aromatic heterocycles. The Bertz CT molecular complexity index is 2040. The van der Waals surface area contributed by atoms with Crippen molar-refractivity contribution in [3.63, 3.8) is 0 Å². The van der Waals surface area contributed by atoms with Crippen molar-refractivity contribution in [1.29, 1.82) is 0 Å². The van der Waals surface area contributed by atoms with Gasteiger partial charge < -0.3 is 28.5 Å². The second-order valence-electron chi connectivity index (χ2n) is 19.6. The highest BCUT2D eigenvalue weighted by atomic mass is 28.4. The fourth-order valence-corrected chi connectivity index (χ4v) is 19.0. The van der Waals surface area contributed by atoms with Crippen molar-refractivity contribution in [1.82, 2.24) is 4.98 Å². The quantitative estimate of drug-likeness (QED) is 0.0384. The summed E-state index contributed by atoms with van der Waals surface area (Å²) in [6, 6.07) is 48.3. The van der Waals surface area contributed by atoms with Crippen molar-refractivity contribution in [2.45, 2.75) is 114 Å². The van der Waals surface area contributed by atoms with Gasteiger partial charge in [0.15, 0.2) is 5.79 Å². The normalized spacial score (nSPS) is 16.2. The van der Waals surface area contributed by atoms with Crippen molar-refractivity contribution < 1.29 is 28.5 Å². The molecule has 9 heteroatoms. The molecule has 7 nitrogen and oxygen atoms in total. The molecule has 5 aromatic rings. The second kappa shape index (κ2) is 22.4. The first-order valence-corrected chi connectivity index (χ1v) is 27.3. The maximum absolute atomic E-state index is 13.2. The first-order chi connectivity index (χ1) is 30.8. The van der Waals surface area contributed by atoms with Gasteiger partial charge in [0.25, 0.3) is 16.6 Å². The molecule has 0 spiro atoms. The van der Waals surface area contributed by atoms with E-state index in [1.54, 1.807) is 0 Å². The molecule has 64 heavy (non-hydrogen) atoms. The van der Waals surface area contributed by atoms with Gasteiger partial charge in [-0.15, -0.1) is 0 Å². The van der Waals surface area contributed by atoms with Crippen LogP contribution in [0.2, 0.25) is 10.1 Å². The minimum absolute atomic E-state index is 0.0321. The highest BCUT2D eigenvalue weighted by Crippen LogP contribution is 2.40. The van der Waals surface area contributed by atoms with Crippen LogP contribution in [-0.2, 0) is 24.7 Å². The van der Waals surface area contributed by atoms with E-state index in [4.69, 9.17) is 18.3 Å². The zero-order chi connectivity index (χ0) is 45.6. The molecule has 0 unspecified atom stereocenters. The smallest absolute Gasteiger partial charge is 0.261 e. The number of aliphatic hydroxyl groups is 2. The number of allylic oxidation sites excluding steroid dienone is 1. The number of rotatable bonds is 23. The Morgan fingerprint density at radius 3 is 1.56 bits per heavy atom. The molecule has 6 rings (SSSR count). The molecule has 342 valence electrons. The van der Waals surface area contributed by atoms with Gasteiger partial charge in [-0.2, -0.15) is 0 Å². The topological polar surface area (TPSA) is 90.3 Å². The molecule has 1 saturated heterocycles. The predicted molar refractivity (Wildman–Crippen MR) is 267 cm³/mol. The summed E-state index contributed by atoms with van der Waals surface area (Å²) in [4.78, 5) is 4.51. The number of pyridine rings is 1. The van der Waals surface area contributed by atoms with E-state index < -0.39 is 33.9 Å². The van der Waals surface area contributed by atoms with Crippen molar-refractivity contribution in [3.8, 4) is 0 Å². The van der Waals surface area contributed by atoms with Crippen LogP contribution < -0.4 is 20.7 Å². The number of unbranched alkanes of at least 4 members (excludes halogenated alkanes) is 4. The molecular weight excluding hydrogens is 827 g/mol. The number of aliphatic hydroxyl groups excluding tert-OH is 1. The molecule has 1 aliphatic heterocycles. The van der Waals surface area contributed by atoms with Crippen LogP contribution in [0.5, 0.6) is 0 Å². The van der Waals surface area contributed by atoms with Crippen LogP contribution in [0.3, 0.4) is 0 Å². The van der Waals surface area contributed by atoms with Crippen LogP contribution in [0.15, 0.2) is 158 Å². The van der Waals surface area contributed by atoms with E-state index in [-0.39, 0.29) is 36.3 Å². The Balaban J connectivity index is 1.23. The van der Waals surface area contributed by atoms with Crippen LogP contribution in [0.25, 0.3) is 0 Å². The summed E-state index contributed by atoms with van der Waals surface area (Å²) in [5, 5.41) is 28.6. The van der Waals surface area contributed by atoms with Gasteiger partial charge in [-0.3, -0.25) is 4.98 Å². The van der Waals surface area contributed by atoms with Gasteiger partial charge >= 0.3 is 0 Å². The summed E-state index contributed by atoms with van der Waals surface area (Å²) in [6.07, 6.45) is 12.7. The third kappa shape index (κ3) is 11.7. The molecule has 2 N–H and O–H groups in total. The van der Waals surface area contributed by atoms with Crippen LogP contribution >= 0.6 is 0 Å². The molecule has 1 aliphatic rings. The highest BCUT2D eigenvalue weighted by molar-refractivity contribution is 7.00. The van der Waals surface area contributed by atoms with E-state index in [0.29, 0.717) is 19.6 Å². The lowest BCUT2D eigenvalue weighted by Gasteiger charge is -2.46. The highest BCUT2D eigenvalue weighted by Gasteiger charge is 2.53. The first kappa shape index (κ1) is 49.4. The standard InChI is InChI=1S/C55H73NO6Si2/c1-52(2,3)63(48-29-16-11-17-30-48,49-31-18-12-19-32-49)61-40-38-54(58,45-62-64(53(4,5)6,50-33-20-13-21-34-50)51-35-22-14-23-36-51)46(44-57)27-15-9-7-8-10-25-37-55(59-41-42-60-55)43-47-28-24-26-39-56-47/h11-24,26-36,39,46,57-58H,7-10,25,37-38,40-45H2,1-6H3/b27-15+/t46-,54-/m1/s1. The number of aromatic nitrogens is 1. The SMILES string of the molecule is CC(C)(C)[Si](OCC[C@@](O)(CO[Si](c1ccccc1)(c1ccccc1)C(C)(C)C)[C@H](/C=C/CCCCCCC1(Cc2ccccn2)OCCO1)CO)(c1ccccc1)c1ccccc1. The van der Waals surface area contributed by atoms with E-state index in [1.807, 2.05) is 42.6 Å². The summed E-state index contributed by atoms with van der Waals surface area (Å²) >= 11 is 0. The monoisotopic (exact) mass is 899 g/mol. The van der Waals surface area contributed by atoms with Crippen molar-refractivity contribution in [2.24, 2.45) is 5.92 Å². The van der Waals surface area contributed by atoms with E-state index >= 15 is 0 Å². The number of ether oxygens (including phenoxy) is 2. The average molecular weight is 900 g/mol. The van der Waals surface area contributed by atoms with Gasteiger partial charge in [-0.25, -0.2) is 0 Å². The van der Waals surface area contributed by atoms with E-state index in [0.717, 1.165) is 54.6 Å². The minimum atomic E-state index is -3.04. The Hall–Kier alpha value is -4.04. The van der Waals surface area contributed by atoms with Crippen LogP contribution in [0.1, 0.15) is 92.2 Å². The summed E-state index contributed by atoms with van der Waals surface area (Å²) in [5.41, 5.74) is -0.466. The van der Waals surface area contributed by atoms with Crippen molar-refractivity contribution in [2.75, 3.05) is 33.0 Å². The molecule has 0 amide bonds. The lowest BCUT2D eigenvalue weighted by Crippen LogP contribution is -2.68. The van der Waals surface area contributed by atoms with Gasteiger partial charge in [0.1, 0.15) is 0 Å². The Morgan fingerprint density at radius 2 is 1.11 bits per heavy atom. The average Bonchev–Trinajstić information content (AvgIpc) is 3.76. The van der Waals surface area contributed by atoms with Crippen molar-refractivity contribution in [3.05, 3.63) is 164 Å². The third-order valence-corrected chi connectivity index (χ3v) is 23.2. The van der Waals surface area contributed by atoms with Gasteiger partial charge in [0.2, 0.25) is 0 Å². The Kier molecular flexibility index (Phi) is 17.3. The summed E-state index contributed by atoms with van der Waals surface area (Å²) in [6.45, 7) is 14.9. The number of benzene rings is 4. The molecule has 2 atom stereocenters. The lowest BCUT2D eigenvalue weighted by molar-refractivity contribution is -0.162. The molecule has 4 aromatic carbocycles. The maximum atomic E-state index is 13.2. The van der Waals surface area contributed by atoms with Gasteiger partial charge in [0.05, 0.1) is 32.0 Å². The van der Waals surface area contributed by atoms with Crippen LogP contribution in [0.4, 0.5) is 0 Å². The largest absolute Gasteiger partial charge is 0.407 e. The van der Waals surface area contributed by atoms with Crippen LogP contribution in [0, 0.1) is 5.92 Å². The zero-order valence-corrected chi connectivity index (χ0v) is 41.3. The molecule has 2 heterocycles. The number of hydrogen-bond donors (Lipinski definition) is 2. The van der Waals surface area contributed by atoms with Crippen LogP contribution in [-0.4, -0.2) is 76.3 Å². The zero-order valence-electron chi connectivity index (χ0n) is 39.3. The Labute approximate surface area is 386 Å². The molecule has 0 radical (unpaired) electrons. The molecular formula is C55H73NO6Si2. The molecule has 0 saturated carbocycles. The van der Waals surface area contributed by atoms with E-state index in [2.05, 4.69) is 162 Å². The predicted octanol–water partition coefficient (Wildman–Crippen LogP) is 9.15. The third-order valence-electron chi connectivity index (χ3n) is 13.1. The molecule has 0 bridgehead atoms. The molecule has 0 aliphatic carbocycles. The minimum Gasteiger partial charge on any atom is -0.407 e. The number of hydrogen-bond acceptors (Lipinski definition) is 7. The van der Waals surface area contributed by atoms with Crippen molar-refractivity contribution >= 4 is 37.4 Å². The fourth-order valence-electron chi connectivity index (χ4n) is 9.79. The maximum Gasteiger partial charge on any atom is 0.261 e. The summed E-state index contributed by atoms with van der Waals surface area (Å²) in [7, 11) is -5.95. The first-order valence-electron chi connectivity index (χ1n) is 23.5.